The van der Waals surface area contributed by atoms with Crippen molar-refractivity contribution in [3.63, 3.8) is 0 Å². The second-order valence-electron chi connectivity index (χ2n) is 6.86. The Morgan fingerprint density at radius 3 is 2.73 bits per heavy atom. The van der Waals surface area contributed by atoms with Crippen molar-refractivity contribution in [2.75, 3.05) is 44.1 Å². The van der Waals surface area contributed by atoms with Crippen molar-refractivity contribution in [3.8, 4) is 0 Å². The summed E-state index contributed by atoms with van der Waals surface area (Å²) in [5, 5.41) is 0.649. The van der Waals surface area contributed by atoms with Gasteiger partial charge in [0.2, 0.25) is 0 Å². The van der Waals surface area contributed by atoms with Crippen LogP contribution in [0.15, 0.2) is 35.0 Å². The molecule has 0 N–H and O–H groups in total. The first-order valence-corrected chi connectivity index (χ1v) is 10.8. The molecule has 1 aromatic heterocycles. The molecule has 1 aromatic rings. The Hall–Kier alpha value is -0.720. The fourth-order valence-corrected chi connectivity index (χ4v) is 5.49. The van der Waals surface area contributed by atoms with Gasteiger partial charge in [-0.15, -0.1) is 34.5 Å². The summed E-state index contributed by atoms with van der Waals surface area (Å²) in [6.45, 7) is 5.94. The van der Waals surface area contributed by atoms with E-state index in [0.717, 1.165) is 48.3 Å². The van der Waals surface area contributed by atoms with Gasteiger partial charge in [0, 0.05) is 31.1 Å². The van der Waals surface area contributed by atoms with Crippen LogP contribution < -0.4 is 4.90 Å². The highest BCUT2D eigenvalue weighted by Gasteiger charge is 2.46. The summed E-state index contributed by atoms with van der Waals surface area (Å²) < 4.78 is 0. The van der Waals surface area contributed by atoms with Crippen LogP contribution in [0.3, 0.4) is 0 Å². The average Bonchev–Trinajstić information content (AvgIpc) is 2.95. The lowest BCUT2D eigenvalue weighted by Gasteiger charge is -2.37. The largest absolute Gasteiger partial charge is 0.354 e. The molecule has 3 heterocycles. The van der Waals surface area contributed by atoms with Crippen molar-refractivity contribution < 1.29 is 0 Å². The van der Waals surface area contributed by atoms with Gasteiger partial charge in [-0.1, -0.05) is 23.8 Å². The normalized spacial score (nSPS) is 29.0. The van der Waals surface area contributed by atoms with Crippen LogP contribution in [0.5, 0.6) is 0 Å². The third-order valence-electron chi connectivity index (χ3n) is 5.06. The van der Waals surface area contributed by atoms with Crippen molar-refractivity contribution in [2.45, 2.75) is 17.3 Å². The standard InChI is InChI=1S/C18H21Cl3N4S/c1-12-10-13-16(24-8-6-23(2)7-9-24)22-18(21)14(20)4-3-5-15(18)25(11-19)17(13)26-12/h3-5,10,14H,6-9,11H2,1-2H3. The van der Waals surface area contributed by atoms with Crippen LogP contribution >= 0.6 is 46.1 Å². The highest BCUT2D eigenvalue weighted by Crippen LogP contribution is 2.47. The van der Waals surface area contributed by atoms with Gasteiger partial charge in [-0.25, -0.2) is 4.99 Å². The molecule has 3 aliphatic rings. The van der Waals surface area contributed by atoms with Crippen LogP contribution in [0.4, 0.5) is 5.00 Å². The summed E-state index contributed by atoms with van der Waals surface area (Å²) in [5.74, 6) is 0.923. The number of thiophene rings is 1. The van der Waals surface area contributed by atoms with E-state index < -0.39 is 10.4 Å². The zero-order chi connectivity index (χ0) is 18.5. The van der Waals surface area contributed by atoms with Gasteiger partial charge in [-0.05, 0) is 26.1 Å². The van der Waals surface area contributed by atoms with Crippen LogP contribution in [0, 0.1) is 6.92 Å². The Bertz CT molecular complexity index is 794. The molecular formula is C18H21Cl3N4S. The van der Waals surface area contributed by atoms with Crippen molar-refractivity contribution >= 4 is 57.0 Å². The van der Waals surface area contributed by atoms with E-state index in [1.807, 2.05) is 23.1 Å². The maximum atomic E-state index is 7.06. The Labute approximate surface area is 173 Å². The Morgan fingerprint density at radius 1 is 1.31 bits per heavy atom. The number of piperazine rings is 1. The number of rotatable bonds is 1. The molecule has 0 aromatic carbocycles. The third kappa shape index (κ3) is 2.98. The van der Waals surface area contributed by atoms with Crippen molar-refractivity contribution in [2.24, 2.45) is 4.99 Å². The minimum Gasteiger partial charge on any atom is -0.354 e. The molecule has 140 valence electrons. The second-order valence-corrected chi connectivity index (χ2v) is 9.38. The summed E-state index contributed by atoms with van der Waals surface area (Å²) in [5.41, 5.74) is 1.93. The van der Waals surface area contributed by atoms with E-state index in [0.29, 0.717) is 6.00 Å². The van der Waals surface area contributed by atoms with Gasteiger partial charge in [0.05, 0.1) is 22.6 Å². The molecule has 0 saturated carbocycles. The maximum Gasteiger partial charge on any atom is 0.195 e. The molecule has 4 nitrogen and oxygen atoms in total. The zero-order valence-corrected chi connectivity index (χ0v) is 17.8. The number of aliphatic imine (C=N–C) groups is 1. The topological polar surface area (TPSA) is 22.1 Å². The number of hydrogen-bond acceptors (Lipinski definition) is 5. The minimum absolute atomic E-state index is 0.302. The van der Waals surface area contributed by atoms with Crippen LogP contribution in [0.25, 0.3) is 0 Å². The quantitative estimate of drug-likeness (QED) is 0.494. The molecule has 2 aliphatic heterocycles. The second kappa shape index (κ2) is 7.02. The smallest absolute Gasteiger partial charge is 0.195 e. The molecule has 0 amide bonds. The van der Waals surface area contributed by atoms with E-state index in [4.69, 9.17) is 39.8 Å². The highest BCUT2D eigenvalue weighted by molar-refractivity contribution is 7.16. The number of anilines is 1. The molecule has 2 atom stereocenters. The summed E-state index contributed by atoms with van der Waals surface area (Å²) in [4.78, 5) is 11.9. The first-order chi connectivity index (χ1) is 12.4. The number of allylic oxidation sites excluding steroid dienone is 2. The van der Waals surface area contributed by atoms with Gasteiger partial charge in [-0.3, -0.25) is 0 Å². The van der Waals surface area contributed by atoms with E-state index in [2.05, 4.69) is 29.8 Å². The molecule has 0 radical (unpaired) electrons. The Morgan fingerprint density at radius 2 is 2.04 bits per heavy atom. The average molecular weight is 432 g/mol. The van der Waals surface area contributed by atoms with E-state index in [-0.39, 0.29) is 0 Å². The van der Waals surface area contributed by atoms with Crippen LogP contribution in [-0.4, -0.2) is 65.2 Å². The first-order valence-electron chi connectivity index (χ1n) is 8.63. The van der Waals surface area contributed by atoms with Gasteiger partial charge in [0.1, 0.15) is 10.8 Å². The van der Waals surface area contributed by atoms with Crippen LogP contribution in [-0.2, 0) is 0 Å². The molecule has 1 saturated heterocycles. The number of fused-ring (bicyclic) bond motifs is 2. The SMILES string of the molecule is Cc1cc2c(s1)N(CCl)C1=CC=CC(Cl)C1(Cl)N=C2N1CCN(C)CC1. The fraction of sp³-hybridized carbons (Fsp3) is 0.500. The predicted octanol–water partition coefficient (Wildman–Crippen LogP) is 4.06. The van der Waals surface area contributed by atoms with E-state index in [1.165, 1.54) is 4.88 Å². The lowest BCUT2D eigenvalue weighted by molar-refractivity contribution is 0.215. The minimum atomic E-state index is -1.06. The summed E-state index contributed by atoms with van der Waals surface area (Å²) >= 11 is 21.8. The molecule has 8 heteroatoms. The summed E-state index contributed by atoms with van der Waals surface area (Å²) in [6, 6.07) is 2.49. The van der Waals surface area contributed by atoms with Gasteiger partial charge < -0.3 is 14.7 Å². The molecule has 1 fully saturated rings. The fourth-order valence-electron chi connectivity index (χ4n) is 3.59. The lowest BCUT2D eigenvalue weighted by atomic mass is 10.0. The van der Waals surface area contributed by atoms with Crippen LogP contribution in [0.2, 0.25) is 0 Å². The third-order valence-corrected chi connectivity index (χ3v) is 7.46. The van der Waals surface area contributed by atoms with Gasteiger partial charge in [-0.2, -0.15) is 0 Å². The number of hydrogen-bond donors (Lipinski definition) is 0. The van der Waals surface area contributed by atoms with E-state index >= 15 is 0 Å². The maximum absolute atomic E-state index is 7.06. The highest BCUT2D eigenvalue weighted by atomic mass is 35.5. The van der Waals surface area contributed by atoms with Crippen LogP contribution in [0.1, 0.15) is 10.4 Å². The van der Waals surface area contributed by atoms with Crippen molar-refractivity contribution in [1.82, 2.24) is 9.80 Å². The number of halogens is 3. The van der Waals surface area contributed by atoms with E-state index in [1.54, 1.807) is 11.3 Å². The number of amidine groups is 1. The van der Waals surface area contributed by atoms with Crippen molar-refractivity contribution in [1.29, 1.82) is 0 Å². The first kappa shape index (κ1) is 18.6. The summed E-state index contributed by atoms with van der Waals surface area (Å²) in [7, 11) is 2.15. The predicted molar refractivity (Wildman–Crippen MR) is 113 cm³/mol. The zero-order valence-electron chi connectivity index (χ0n) is 14.8. The number of likely N-dealkylation sites (N-methyl/N-ethyl adjacent to an activating group) is 1. The van der Waals surface area contributed by atoms with Gasteiger partial charge in [0.15, 0.2) is 5.00 Å². The number of aryl methyl sites for hydroxylation is 1. The molecular weight excluding hydrogens is 411 g/mol. The van der Waals surface area contributed by atoms with E-state index in [9.17, 15) is 0 Å². The van der Waals surface area contributed by atoms with Gasteiger partial charge in [0.25, 0.3) is 0 Å². The molecule has 26 heavy (non-hydrogen) atoms. The molecule has 4 rings (SSSR count). The summed E-state index contributed by atoms with van der Waals surface area (Å²) in [6.07, 6.45) is 5.80. The Balaban J connectivity index is 1.89. The molecule has 1 aliphatic carbocycles. The molecule has 0 spiro atoms. The monoisotopic (exact) mass is 430 g/mol. The number of nitrogens with zero attached hydrogens (tertiary/aromatic N) is 4. The number of alkyl halides is 3. The Kier molecular flexibility index (Phi) is 5.03. The lowest BCUT2D eigenvalue weighted by Crippen LogP contribution is -2.48. The molecule has 0 bridgehead atoms. The van der Waals surface area contributed by atoms with Gasteiger partial charge >= 0.3 is 0 Å². The molecule has 2 unspecified atom stereocenters. The van der Waals surface area contributed by atoms with Crippen molar-refractivity contribution in [3.05, 3.63) is 40.4 Å².